The maximum absolute atomic E-state index is 13.0. The molecule has 0 fully saturated rings. The van der Waals surface area contributed by atoms with E-state index in [0.29, 0.717) is 6.54 Å². The van der Waals surface area contributed by atoms with Crippen molar-refractivity contribution < 1.29 is 27.1 Å². The minimum Gasteiger partial charge on any atom is -0.477 e. The molecule has 1 amide bonds. The summed E-state index contributed by atoms with van der Waals surface area (Å²) in [5, 5.41) is 2.29. The fraction of sp³-hybridized carbons (Fsp3) is 0.300. The monoisotopic (exact) mass is 251 g/mol. The van der Waals surface area contributed by atoms with Crippen LogP contribution < -0.4 is 10.1 Å². The van der Waals surface area contributed by atoms with Crippen molar-refractivity contribution in [1.82, 2.24) is 5.32 Å². The van der Waals surface area contributed by atoms with Crippen molar-refractivity contribution >= 4 is 5.91 Å². The Balaban J connectivity index is 2.87. The maximum Gasteiger partial charge on any atom is 0.257 e. The summed E-state index contributed by atoms with van der Waals surface area (Å²) in [7, 11) is 0. The van der Waals surface area contributed by atoms with Crippen LogP contribution in [-0.4, -0.2) is 19.1 Å². The molecule has 1 aromatic rings. The SMILES string of the molecule is CCNC(=O)COc1c(F)c(F)cc(F)c1F. The minimum atomic E-state index is -1.67. The fourth-order valence-corrected chi connectivity index (χ4v) is 1.06. The molecule has 7 heteroatoms. The molecule has 1 aromatic carbocycles. The van der Waals surface area contributed by atoms with Crippen LogP contribution in [0.25, 0.3) is 0 Å². The first-order valence-electron chi connectivity index (χ1n) is 4.69. The molecule has 0 aliphatic heterocycles. The predicted octanol–water partition coefficient (Wildman–Crippen LogP) is 1.76. The standard InChI is InChI=1S/C10H9F4NO2/c1-2-15-7(16)4-17-10-8(13)5(11)3-6(12)9(10)14/h3H,2,4H2,1H3,(H,15,16). The lowest BCUT2D eigenvalue weighted by atomic mass is 10.3. The second-order valence-electron chi connectivity index (χ2n) is 3.04. The number of hydrogen-bond acceptors (Lipinski definition) is 2. The maximum atomic E-state index is 13.0. The zero-order valence-corrected chi connectivity index (χ0v) is 8.82. The zero-order chi connectivity index (χ0) is 13.0. The van der Waals surface area contributed by atoms with Gasteiger partial charge < -0.3 is 10.1 Å². The van der Waals surface area contributed by atoms with Gasteiger partial charge in [-0.2, -0.15) is 8.78 Å². The van der Waals surface area contributed by atoms with Crippen LogP contribution in [0.5, 0.6) is 5.75 Å². The van der Waals surface area contributed by atoms with Gasteiger partial charge in [0, 0.05) is 12.6 Å². The lowest BCUT2D eigenvalue weighted by Crippen LogP contribution is -2.28. The summed E-state index contributed by atoms with van der Waals surface area (Å²) in [6.45, 7) is 1.19. The van der Waals surface area contributed by atoms with Crippen LogP contribution in [-0.2, 0) is 4.79 Å². The smallest absolute Gasteiger partial charge is 0.257 e. The van der Waals surface area contributed by atoms with E-state index in [9.17, 15) is 22.4 Å². The Kier molecular flexibility index (Phi) is 4.30. The Morgan fingerprint density at radius 3 is 2.24 bits per heavy atom. The summed E-state index contributed by atoms with van der Waals surface area (Å²) in [6.07, 6.45) is 0. The van der Waals surface area contributed by atoms with Crippen LogP contribution in [0.3, 0.4) is 0 Å². The minimum absolute atomic E-state index is 0.0592. The summed E-state index contributed by atoms with van der Waals surface area (Å²) >= 11 is 0. The lowest BCUT2D eigenvalue weighted by molar-refractivity contribution is -0.123. The van der Waals surface area contributed by atoms with Gasteiger partial charge in [-0.05, 0) is 6.92 Å². The first-order valence-corrected chi connectivity index (χ1v) is 4.69. The predicted molar refractivity (Wildman–Crippen MR) is 50.5 cm³/mol. The van der Waals surface area contributed by atoms with Crippen LogP contribution in [0, 0.1) is 23.3 Å². The number of ether oxygens (including phenoxy) is 1. The highest BCUT2D eigenvalue weighted by molar-refractivity contribution is 5.77. The molecule has 0 spiro atoms. The summed E-state index contributed by atoms with van der Waals surface area (Å²) in [5.41, 5.74) is 0. The van der Waals surface area contributed by atoms with Crippen molar-refractivity contribution in [1.29, 1.82) is 0 Å². The molecule has 94 valence electrons. The number of halogens is 4. The summed E-state index contributed by atoms with van der Waals surface area (Å²) in [5.74, 6) is -8.42. The van der Waals surface area contributed by atoms with E-state index in [-0.39, 0.29) is 6.07 Å². The molecule has 1 rings (SSSR count). The van der Waals surface area contributed by atoms with E-state index in [0.717, 1.165) is 0 Å². The van der Waals surface area contributed by atoms with Crippen molar-refractivity contribution in [2.45, 2.75) is 6.92 Å². The van der Waals surface area contributed by atoms with Gasteiger partial charge in [-0.15, -0.1) is 0 Å². The topological polar surface area (TPSA) is 38.3 Å². The second-order valence-corrected chi connectivity index (χ2v) is 3.04. The van der Waals surface area contributed by atoms with E-state index in [1.54, 1.807) is 6.92 Å². The van der Waals surface area contributed by atoms with E-state index in [4.69, 9.17) is 0 Å². The van der Waals surface area contributed by atoms with Gasteiger partial charge in [0.05, 0.1) is 0 Å². The van der Waals surface area contributed by atoms with Crippen molar-refractivity contribution in [2.24, 2.45) is 0 Å². The van der Waals surface area contributed by atoms with Gasteiger partial charge in [-0.1, -0.05) is 0 Å². The number of hydrogen-bond donors (Lipinski definition) is 1. The van der Waals surface area contributed by atoms with Crippen LogP contribution in [0.1, 0.15) is 6.92 Å². The van der Waals surface area contributed by atoms with Crippen LogP contribution in [0.15, 0.2) is 6.07 Å². The Labute approximate surface area is 94.4 Å². The van der Waals surface area contributed by atoms with Crippen LogP contribution in [0.4, 0.5) is 17.6 Å². The van der Waals surface area contributed by atoms with E-state index < -0.39 is 41.5 Å². The number of benzene rings is 1. The molecule has 0 heterocycles. The molecule has 0 aliphatic carbocycles. The summed E-state index contributed by atoms with van der Waals surface area (Å²) in [4.78, 5) is 10.9. The molecule has 17 heavy (non-hydrogen) atoms. The average molecular weight is 251 g/mol. The first-order chi connectivity index (χ1) is 7.97. The van der Waals surface area contributed by atoms with E-state index in [2.05, 4.69) is 10.1 Å². The number of likely N-dealkylation sites (N-methyl/N-ethyl adjacent to an activating group) is 1. The van der Waals surface area contributed by atoms with Crippen LogP contribution in [0.2, 0.25) is 0 Å². The quantitative estimate of drug-likeness (QED) is 0.654. The molecular formula is C10H9F4NO2. The van der Waals surface area contributed by atoms with Crippen molar-refractivity contribution in [3.63, 3.8) is 0 Å². The van der Waals surface area contributed by atoms with Gasteiger partial charge in [0.15, 0.2) is 24.0 Å². The molecule has 0 bridgehead atoms. The van der Waals surface area contributed by atoms with Gasteiger partial charge in [0.1, 0.15) is 0 Å². The largest absolute Gasteiger partial charge is 0.477 e. The number of amides is 1. The van der Waals surface area contributed by atoms with Gasteiger partial charge in [-0.25, -0.2) is 8.78 Å². The fourth-order valence-electron chi connectivity index (χ4n) is 1.06. The van der Waals surface area contributed by atoms with Gasteiger partial charge in [0.2, 0.25) is 11.6 Å². The third kappa shape index (κ3) is 3.08. The Morgan fingerprint density at radius 2 is 1.76 bits per heavy atom. The van der Waals surface area contributed by atoms with E-state index in [1.807, 2.05) is 0 Å². The molecule has 3 nitrogen and oxygen atoms in total. The normalized spacial score (nSPS) is 10.2. The molecule has 0 radical (unpaired) electrons. The number of nitrogens with one attached hydrogen (secondary N) is 1. The molecule has 0 unspecified atom stereocenters. The highest BCUT2D eigenvalue weighted by Gasteiger charge is 2.21. The van der Waals surface area contributed by atoms with Crippen molar-refractivity contribution in [2.75, 3.05) is 13.2 Å². The summed E-state index contributed by atoms with van der Waals surface area (Å²) < 4.78 is 55.9. The molecule has 0 saturated heterocycles. The average Bonchev–Trinajstić information content (AvgIpc) is 2.27. The number of carbonyl (C=O) groups excluding carboxylic acids is 1. The Morgan fingerprint density at radius 1 is 1.24 bits per heavy atom. The molecule has 0 aromatic heterocycles. The third-order valence-corrected chi connectivity index (χ3v) is 1.79. The molecule has 0 aliphatic rings. The Hall–Kier alpha value is -1.79. The van der Waals surface area contributed by atoms with E-state index >= 15 is 0 Å². The van der Waals surface area contributed by atoms with Gasteiger partial charge >= 0.3 is 0 Å². The number of carbonyl (C=O) groups is 1. The van der Waals surface area contributed by atoms with Gasteiger partial charge in [-0.3, -0.25) is 4.79 Å². The first kappa shape index (κ1) is 13.3. The molecular weight excluding hydrogens is 242 g/mol. The highest BCUT2D eigenvalue weighted by Crippen LogP contribution is 2.26. The lowest BCUT2D eigenvalue weighted by Gasteiger charge is -2.08. The second kappa shape index (κ2) is 5.51. The summed E-state index contributed by atoms with van der Waals surface area (Å²) in [6, 6.07) is 0.0592. The van der Waals surface area contributed by atoms with Gasteiger partial charge in [0.25, 0.3) is 5.91 Å². The third-order valence-electron chi connectivity index (χ3n) is 1.79. The van der Waals surface area contributed by atoms with Crippen molar-refractivity contribution in [3.8, 4) is 5.75 Å². The number of rotatable bonds is 4. The zero-order valence-electron chi connectivity index (χ0n) is 8.82. The Bertz CT molecular complexity index is 411. The molecule has 1 N–H and O–H groups in total. The van der Waals surface area contributed by atoms with E-state index in [1.165, 1.54) is 0 Å². The van der Waals surface area contributed by atoms with Crippen molar-refractivity contribution in [3.05, 3.63) is 29.3 Å². The molecule has 0 saturated carbocycles. The van der Waals surface area contributed by atoms with Crippen LogP contribution >= 0.6 is 0 Å². The highest BCUT2D eigenvalue weighted by atomic mass is 19.2. The molecule has 0 atom stereocenters.